The highest BCUT2D eigenvalue weighted by Crippen LogP contribution is 2.36. The molecule has 1 atom stereocenters. The third-order valence-corrected chi connectivity index (χ3v) is 6.55. The molecule has 2 aromatic heterocycles. The quantitative estimate of drug-likeness (QED) is 0.564. The first-order valence-electron chi connectivity index (χ1n) is 8.88. The Kier molecular flexibility index (Phi) is 4.31. The molecule has 0 spiro atoms. The van der Waals surface area contributed by atoms with Crippen molar-refractivity contribution in [3.63, 3.8) is 0 Å². The van der Waals surface area contributed by atoms with Gasteiger partial charge in [-0.25, -0.2) is 4.98 Å². The molecule has 1 saturated heterocycles. The molecule has 8 heteroatoms. The van der Waals surface area contributed by atoms with Crippen molar-refractivity contribution in [2.75, 3.05) is 18.4 Å². The van der Waals surface area contributed by atoms with Gasteiger partial charge in [0.05, 0.1) is 40.2 Å². The Morgan fingerprint density at radius 1 is 1.15 bits per heavy atom. The van der Waals surface area contributed by atoms with Crippen LogP contribution in [-0.4, -0.2) is 37.6 Å². The van der Waals surface area contributed by atoms with Gasteiger partial charge in [-0.15, -0.1) is 11.3 Å². The number of para-hydroxylation sites is 1. The largest absolute Gasteiger partial charge is 0.323 e. The van der Waals surface area contributed by atoms with Crippen molar-refractivity contribution in [1.82, 2.24) is 18.6 Å². The maximum atomic E-state index is 12.7. The fraction of sp³-hybridized carbons (Fsp3) is 0.263. The lowest BCUT2D eigenvalue weighted by molar-refractivity contribution is -0.117. The Morgan fingerprint density at radius 2 is 2.04 bits per heavy atom. The molecule has 1 amide bonds. The summed E-state index contributed by atoms with van der Waals surface area (Å²) in [6.07, 6.45) is 2.12. The molecule has 1 unspecified atom stereocenters. The molecule has 1 N–H and O–H groups in total. The highest BCUT2D eigenvalue weighted by Gasteiger charge is 2.30. The number of nitrogens with one attached hydrogen (secondary N) is 1. The van der Waals surface area contributed by atoms with Crippen molar-refractivity contribution in [2.24, 2.45) is 0 Å². The van der Waals surface area contributed by atoms with E-state index in [9.17, 15) is 4.79 Å². The molecule has 0 radical (unpaired) electrons. The number of amides is 1. The first kappa shape index (κ1) is 16.7. The average molecular weight is 396 g/mol. The minimum atomic E-state index is -0.0245. The number of fused-ring (bicyclic) bond motifs is 2. The van der Waals surface area contributed by atoms with Gasteiger partial charge in [-0.1, -0.05) is 18.2 Å². The van der Waals surface area contributed by atoms with Crippen LogP contribution in [0.5, 0.6) is 0 Å². The summed E-state index contributed by atoms with van der Waals surface area (Å²) in [7, 11) is 0. The number of likely N-dealkylation sites (tertiary alicyclic amines) is 1. The zero-order valence-corrected chi connectivity index (χ0v) is 16.1. The summed E-state index contributed by atoms with van der Waals surface area (Å²) in [6, 6.07) is 14.1. The van der Waals surface area contributed by atoms with E-state index in [2.05, 4.69) is 25.0 Å². The summed E-state index contributed by atoms with van der Waals surface area (Å²) in [4.78, 5) is 19.7. The van der Waals surface area contributed by atoms with Gasteiger partial charge in [-0.05, 0) is 43.7 Å². The van der Waals surface area contributed by atoms with Crippen LogP contribution in [0.2, 0.25) is 0 Å². The van der Waals surface area contributed by atoms with Gasteiger partial charge < -0.3 is 5.32 Å². The zero-order valence-electron chi connectivity index (χ0n) is 14.5. The number of carbonyl (C=O) groups excluding carboxylic acids is 1. The van der Waals surface area contributed by atoms with Gasteiger partial charge in [0.2, 0.25) is 5.91 Å². The highest BCUT2D eigenvalue weighted by atomic mass is 32.1. The fourth-order valence-electron chi connectivity index (χ4n) is 3.61. The van der Waals surface area contributed by atoms with Crippen molar-refractivity contribution < 1.29 is 4.79 Å². The van der Waals surface area contributed by atoms with Crippen LogP contribution in [0.1, 0.15) is 23.9 Å². The van der Waals surface area contributed by atoms with E-state index < -0.39 is 0 Å². The molecule has 5 rings (SSSR count). The van der Waals surface area contributed by atoms with Crippen LogP contribution >= 0.6 is 23.1 Å². The van der Waals surface area contributed by atoms with Crippen molar-refractivity contribution in [2.45, 2.75) is 18.9 Å². The molecular weight excluding hydrogens is 378 g/mol. The number of benzene rings is 2. The summed E-state index contributed by atoms with van der Waals surface area (Å²) >= 11 is 2.89. The second-order valence-corrected chi connectivity index (χ2v) is 8.22. The molecule has 136 valence electrons. The standard InChI is InChI=1S/C19H17N5OS2/c25-17(20-13-6-3-7-14-18(13)23-27-22-14)11-24-10-4-8-15(24)19-21-12-5-1-2-9-16(12)26-19/h1-3,5-7,9,15H,4,8,10-11H2,(H,20,25). The topological polar surface area (TPSA) is 71.0 Å². The van der Waals surface area contributed by atoms with E-state index >= 15 is 0 Å². The van der Waals surface area contributed by atoms with Crippen LogP contribution < -0.4 is 5.32 Å². The lowest BCUT2D eigenvalue weighted by Crippen LogP contribution is -2.32. The summed E-state index contributed by atoms with van der Waals surface area (Å²) < 4.78 is 9.71. The van der Waals surface area contributed by atoms with Gasteiger partial charge in [-0.2, -0.15) is 8.75 Å². The summed E-state index contributed by atoms with van der Waals surface area (Å²) in [6.45, 7) is 1.27. The molecule has 0 saturated carbocycles. The lowest BCUT2D eigenvalue weighted by atomic mass is 10.2. The van der Waals surface area contributed by atoms with Crippen molar-refractivity contribution in [1.29, 1.82) is 0 Å². The molecule has 1 aliphatic rings. The Bertz CT molecular complexity index is 1090. The van der Waals surface area contributed by atoms with Crippen LogP contribution in [0.4, 0.5) is 5.69 Å². The van der Waals surface area contributed by atoms with E-state index in [0.717, 1.165) is 58.4 Å². The van der Waals surface area contributed by atoms with Crippen molar-refractivity contribution in [3.05, 3.63) is 47.5 Å². The van der Waals surface area contributed by atoms with Crippen LogP contribution in [0.15, 0.2) is 42.5 Å². The molecule has 6 nitrogen and oxygen atoms in total. The van der Waals surface area contributed by atoms with E-state index in [1.165, 1.54) is 4.70 Å². The van der Waals surface area contributed by atoms with Gasteiger partial charge in [0, 0.05) is 0 Å². The van der Waals surface area contributed by atoms with Crippen molar-refractivity contribution >= 4 is 55.9 Å². The van der Waals surface area contributed by atoms with Crippen LogP contribution in [0, 0.1) is 0 Å². The minimum absolute atomic E-state index is 0.0245. The number of rotatable bonds is 4. The maximum Gasteiger partial charge on any atom is 0.238 e. The van der Waals surface area contributed by atoms with Gasteiger partial charge in [0.25, 0.3) is 0 Å². The Morgan fingerprint density at radius 3 is 2.96 bits per heavy atom. The predicted octanol–water partition coefficient (Wildman–Crippen LogP) is 4.08. The molecule has 1 aliphatic heterocycles. The van der Waals surface area contributed by atoms with Gasteiger partial charge in [0.1, 0.15) is 16.0 Å². The molecule has 1 fully saturated rings. The zero-order chi connectivity index (χ0) is 18.2. The van der Waals surface area contributed by atoms with E-state index in [1.54, 1.807) is 11.3 Å². The first-order chi connectivity index (χ1) is 13.3. The lowest BCUT2D eigenvalue weighted by Gasteiger charge is -2.22. The fourth-order valence-corrected chi connectivity index (χ4v) is 5.30. The number of carbonyl (C=O) groups is 1. The van der Waals surface area contributed by atoms with Crippen molar-refractivity contribution in [3.8, 4) is 0 Å². The van der Waals surface area contributed by atoms with Crippen LogP contribution in [0.25, 0.3) is 21.3 Å². The van der Waals surface area contributed by atoms with E-state index in [-0.39, 0.29) is 11.9 Å². The number of nitrogens with zero attached hydrogens (tertiary/aromatic N) is 4. The normalized spacial score (nSPS) is 17.7. The van der Waals surface area contributed by atoms with E-state index in [0.29, 0.717) is 6.54 Å². The number of aromatic nitrogens is 3. The molecule has 4 aromatic rings. The molecule has 0 aliphatic carbocycles. The van der Waals surface area contributed by atoms with Gasteiger partial charge in [-0.3, -0.25) is 9.69 Å². The second kappa shape index (κ2) is 6.95. The van der Waals surface area contributed by atoms with Gasteiger partial charge >= 0.3 is 0 Å². The van der Waals surface area contributed by atoms with E-state index in [1.807, 2.05) is 36.4 Å². The number of thiazole rings is 1. The summed E-state index contributed by atoms with van der Waals surface area (Å²) in [5.41, 5.74) is 3.32. The Hall–Kier alpha value is -2.42. The maximum absolute atomic E-state index is 12.7. The monoisotopic (exact) mass is 395 g/mol. The summed E-state index contributed by atoms with van der Waals surface area (Å²) in [5, 5.41) is 4.11. The number of anilines is 1. The molecular formula is C19H17N5OS2. The predicted molar refractivity (Wildman–Crippen MR) is 109 cm³/mol. The first-order valence-corrected chi connectivity index (χ1v) is 10.4. The number of hydrogen-bond donors (Lipinski definition) is 1. The Labute approximate surface area is 164 Å². The molecule has 3 heterocycles. The molecule has 27 heavy (non-hydrogen) atoms. The van der Waals surface area contributed by atoms with Gasteiger partial charge in [0.15, 0.2) is 0 Å². The summed E-state index contributed by atoms with van der Waals surface area (Å²) in [5.74, 6) is -0.0245. The smallest absolute Gasteiger partial charge is 0.238 e. The Balaban J connectivity index is 1.33. The van der Waals surface area contributed by atoms with E-state index in [4.69, 9.17) is 4.98 Å². The number of hydrogen-bond acceptors (Lipinski definition) is 7. The molecule has 0 bridgehead atoms. The third kappa shape index (κ3) is 3.20. The SMILES string of the molecule is O=C(CN1CCCC1c1nc2ccccc2s1)Nc1cccc2nsnc12. The second-order valence-electron chi connectivity index (χ2n) is 6.63. The molecule has 2 aromatic carbocycles. The van der Waals surface area contributed by atoms with Crippen LogP contribution in [-0.2, 0) is 4.79 Å². The third-order valence-electron chi connectivity index (χ3n) is 4.87. The average Bonchev–Trinajstić information content (AvgIpc) is 3.40. The van der Waals surface area contributed by atoms with Crippen LogP contribution in [0.3, 0.4) is 0 Å². The highest BCUT2D eigenvalue weighted by molar-refractivity contribution is 7.18. The minimum Gasteiger partial charge on any atom is -0.323 e.